The number of amides is 1. The molecule has 0 spiro atoms. The zero-order chi connectivity index (χ0) is 12.8. The van der Waals surface area contributed by atoms with Crippen molar-refractivity contribution in [1.29, 1.82) is 0 Å². The molecule has 1 rings (SSSR count). The Morgan fingerprint density at radius 3 is 2.82 bits per heavy atom. The van der Waals surface area contributed by atoms with Gasteiger partial charge in [-0.3, -0.25) is 4.79 Å². The Kier molecular flexibility index (Phi) is 5.25. The van der Waals surface area contributed by atoms with Gasteiger partial charge in [0.15, 0.2) is 6.10 Å². The van der Waals surface area contributed by atoms with Crippen LogP contribution < -0.4 is 10.1 Å². The van der Waals surface area contributed by atoms with E-state index in [4.69, 9.17) is 21.4 Å². The van der Waals surface area contributed by atoms with Gasteiger partial charge in [-0.25, -0.2) is 0 Å². The van der Waals surface area contributed by atoms with Gasteiger partial charge in [-0.05, 0) is 32.0 Å². The van der Waals surface area contributed by atoms with Crippen molar-refractivity contribution in [2.24, 2.45) is 0 Å². The van der Waals surface area contributed by atoms with Gasteiger partial charge in [0.1, 0.15) is 5.75 Å². The predicted octanol–water partition coefficient (Wildman–Crippen LogP) is 1.60. The van der Waals surface area contributed by atoms with Crippen molar-refractivity contribution in [3.8, 4) is 5.75 Å². The summed E-state index contributed by atoms with van der Waals surface area (Å²) in [5.41, 5.74) is 0. The molecule has 0 fully saturated rings. The number of rotatable bonds is 5. The smallest absolute Gasteiger partial charge is 0.260 e. The maximum atomic E-state index is 11.6. The highest BCUT2D eigenvalue weighted by molar-refractivity contribution is 6.30. The lowest BCUT2D eigenvalue weighted by Gasteiger charge is -2.15. The molecular formula is C12H16ClNO3. The number of nitrogens with one attached hydrogen (secondary N) is 1. The van der Waals surface area contributed by atoms with Crippen molar-refractivity contribution in [3.05, 3.63) is 29.3 Å². The van der Waals surface area contributed by atoms with Gasteiger partial charge in [-0.15, -0.1) is 0 Å². The second-order valence-corrected chi connectivity index (χ2v) is 4.25. The Morgan fingerprint density at radius 1 is 1.53 bits per heavy atom. The molecule has 0 saturated heterocycles. The van der Waals surface area contributed by atoms with E-state index in [2.05, 4.69) is 5.32 Å². The predicted molar refractivity (Wildman–Crippen MR) is 66.2 cm³/mol. The van der Waals surface area contributed by atoms with Gasteiger partial charge in [-0.2, -0.15) is 0 Å². The van der Waals surface area contributed by atoms with Gasteiger partial charge in [0.05, 0.1) is 6.10 Å². The topological polar surface area (TPSA) is 58.6 Å². The van der Waals surface area contributed by atoms with Crippen molar-refractivity contribution in [3.63, 3.8) is 0 Å². The second kappa shape index (κ2) is 6.47. The SMILES string of the molecule is CC(Oc1cccc(Cl)c1)C(=O)NC[C@H](C)O. The first-order valence-electron chi connectivity index (χ1n) is 5.37. The fraction of sp³-hybridized carbons (Fsp3) is 0.417. The number of hydrogen-bond acceptors (Lipinski definition) is 3. The summed E-state index contributed by atoms with van der Waals surface area (Å²) < 4.78 is 5.41. The summed E-state index contributed by atoms with van der Waals surface area (Å²) in [6.07, 6.45) is -1.20. The molecule has 0 aliphatic carbocycles. The Morgan fingerprint density at radius 2 is 2.24 bits per heavy atom. The van der Waals surface area contributed by atoms with Crippen molar-refractivity contribution < 1.29 is 14.6 Å². The Labute approximate surface area is 106 Å². The fourth-order valence-corrected chi connectivity index (χ4v) is 1.37. The van der Waals surface area contributed by atoms with Crippen LogP contribution in [-0.4, -0.2) is 29.8 Å². The Hall–Kier alpha value is -1.26. The molecule has 4 nitrogen and oxygen atoms in total. The van der Waals surface area contributed by atoms with Crippen molar-refractivity contribution in [2.75, 3.05) is 6.54 Å². The first kappa shape index (κ1) is 13.8. The second-order valence-electron chi connectivity index (χ2n) is 3.81. The van der Waals surface area contributed by atoms with Crippen molar-refractivity contribution in [1.82, 2.24) is 5.32 Å². The molecule has 2 N–H and O–H groups in total. The third-order valence-corrected chi connectivity index (χ3v) is 2.28. The molecule has 0 heterocycles. The molecule has 2 atom stereocenters. The molecule has 1 aromatic carbocycles. The number of hydrogen-bond donors (Lipinski definition) is 2. The molecule has 1 amide bonds. The van der Waals surface area contributed by atoms with Crippen molar-refractivity contribution in [2.45, 2.75) is 26.1 Å². The molecule has 0 aromatic heterocycles. The third-order valence-electron chi connectivity index (χ3n) is 2.05. The molecule has 0 bridgehead atoms. The highest BCUT2D eigenvalue weighted by Gasteiger charge is 2.14. The van der Waals surface area contributed by atoms with Gasteiger partial charge >= 0.3 is 0 Å². The summed E-state index contributed by atoms with van der Waals surface area (Å²) >= 11 is 5.80. The van der Waals surface area contributed by atoms with Crippen LogP contribution in [0.15, 0.2) is 24.3 Å². The number of aliphatic hydroxyl groups is 1. The standard InChI is InChI=1S/C12H16ClNO3/c1-8(15)7-14-12(16)9(2)17-11-5-3-4-10(13)6-11/h3-6,8-9,15H,7H2,1-2H3,(H,14,16)/t8-,9?/m0/s1. The maximum Gasteiger partial charge on any atom is 0.260 e. The quantitative estimate of drug-likeness (QED) is 0.843. The molecule has 5 heteroatoms. The van der Waals surface area contributed by atoms with Gasteiger partial charge in [-0.1, -0.05) is 17.7 Å². The van der Waals surface area contributed by atoms with E-state index in [-0.39, 0.29) is 12.5 Å². The maximum absolute atomic E-state index is 11.6. The Balaban J connectivity index is 2.48. The molecule has 1 aromatic rings. The molecule has 17 heavy (non-hydrogen) atoms. The molecule has 94 valence electrons. The van der Waals surface area contributed by atoms with Crippen LogP contribution in [0, 0.1) is 0 Å². The highest BCUT2D eigenvalue weighted by Crippen LogP contribution is 2.18. The first-order chi connectivity index (χ1) is 7.99. The average Bonchev–Trinajstić information content (AvgIpc) is 2.25. The van der Waals surface area contributed by atoms with E-state index < -0.39 is 12.2 Å². The summed E-state index contributed by atoms with van der Waals surface area (Å²) in [7, 11) is 0. The van der Waals surface area contributed by atoms with Crippen LogP contribution >= 0.6 is 11.6 Å². The van der Waals surface area contributed by atoms with E-state index in [1.807, 2.05) is 0 Å². The minimum absolute atomic E-state index is 0.210. The lowest BCUT2D eigenvalue weighted by Crippen LogP contribution is -2.39. The van der Waals surface area contributed by atoms with Crippen LogP contribution in [0.1, 0.15) is 13.8 Å². The molecule has 0 saturated carbocycles. The number of ether oxygens (including phenoxy) is 1. The minimum Gasteiger partial charge on any atom is -0.481 e. The number of benzene rings is 1. The zero-order valence-corrected chi connectivity index (χ0v) is 10.6. The molecule has 0 radical (unpaired) electrons. The lowest BCUT2D eigenvalue weighted by molar-refractivity contribution is -0.127. The van der Waals surface area contributed by atoms with E-state index >= 15 is 0 Å². The number of carbonyl (C=O) groups excluding carboxylic acids is 1. The van der Waals surface area contributed by atoms with E-state index in [1.54, 1.807) is 38.1 Å². The van der Waals surface area contributed by atoms with Gasteiger partial charge in [0.25, 0.3) is 5.91 Å². The Bertz CT molecular complexity index is 382. The first-order valence-corrected chi connectivity index (χ1v) is 5.75. The molecule has 0 aliphatic heterocycles. The van der Waals surface area contributed by atoms with E-state index in [0.29, 0.717) is 10.8 Å². The summed E-state index contributed by atoms with van der Waals surface area (Å²) in [6.45, 7) is 3.45. The van der Waals surface area contributed by atoms with E-state index in [1.165, 1.54) is 0 Å². The normalized spacial score (nSPS) is 13.9. The van der Waals surface area contributed by atoms with Gasteiger partial charge < -0.3 is 15.2 Å². The van der Waals surface area contributed by atoms with Crippen molar-refractivity contribution >= 4 is 17.5 Å². The number of halogens is 1. The summed E-state index contributed by atoms with van der Waals surface area (Å²) in [6, 6.07) is 6.84. The largest absolute Gasteiger partial charge is 0.481 e. The summed E-state index contributed by atoms with van der Waals surface area (Å²) in [4.78, 5) is 11.6. The average molecular weight is 258 g/mol. The number of aliphatic hydroxyl groups excluding tert-OH is 1. The van der Waals surface area contributed by atoms with Crippen LogP contribution in [0.4, 0.5) is 0 Å². The van der Waals surface area contributed by atoms with Crippen LogP contribution in [-0.2, 0) is 4.79 Å². The van der Waals surface area contributed by atoms with Gasteiger partial charge in [0.2, 0.25) is 0 Å². The fourth-order valence-electron chi connectivity index (χ4n) is 1.19. The van der Waals surface area contributed by atoms with Crippen LogP contribution in [0.5, 0.6) is 5.75 Å². The van der Waals surface area contributed by atoms with E-state index in [9.17, 15) is 4.79 Å². The van der Waals surface area contributed by atoms with E-state index in [0.717, 1.165) is 0 Å². The summed E-state index contributed by atoms with van der Waals surface area (Å²) in [5.74, 6) is 0.267. The minimum atomic E-state index is -0.632. The lowest BCUT2D eigenvalue weighted by atomic mass is 10.3. The highest BCUT2D eigenvalue weighted by atomic mass is 35.5. The monoisotopic (exact) mass is 257 g/mol. The molecular weight excluding hydrogens is 242 g/mol. The third kappa shape index (κ3) is 5.06. The zero-order valence-electron chi connectivity index (χ0n) is 9.81. The number of carbonyl (C=O) groups is 1. The van der Waals surface area contributed by atoms with Gasteiger partial charge in [0, 0.05) is 11.6 Å². The molecule has 0 aliphatic rings. The summed E-state index contributed by atoms with van der Waals surface area (Å²) in [5, 5.41) is 12.2. The molecule has 1 unspecified atom stereocenters. The van der Waals surface area contributed by atoms with Crippen LogP contribution in [0.2, 0.25) is 5.02 Å². The van der Waals surface area contributed by atoms with Crippen LogP contribution in [0.25, 0.3) is 0 Å². The van der Waals surface area contributed by atoms with Crippen LogP contribution in [0.3, 0.4) is 0 Å².